The minimum absolute atomic E-state index is 0.151. The van der Waals surface area contributed by atoms with Gasteiger partial charge in [0.05, 0.1) is 10.7 Å². The van der Waals surface area contributed by atoms with Gasteiger partial charge >= 0.3 is 0 Å². The van der Waals surface area contributed by atoms with Crippen LogP contribution in [0.1, 0.15) is 6.42 Å². The topological polar surface area (TPSA) is 49.3 Å². The van der Waals surface area contributed by atoms with Crippen molar-refractivity contribution < 1.29 is 9.90 Å². The minimum atomic E-state index is -0.151. The lowest BCUT2D eigenvalue weighted by atomic mass is 10.3. The fraction of sp³-hybridized carbons (Fsp3) is 0.133. The van der Waals surface area contributed by atoms with Gasteiger partial charge in [0.1, 0.15) is 5.75 Å². The fourth-order valence-corrected chi connectivity index (χ4v) is 2.87. The molecule has 0 heterocycles. The van der Waals surface area contributed by atoms with Crippen LogP contribution in [0.5, 0.6) is 5.75 Å². The largest absolute Gasteiger partial charge is 0.507 e. The summed E-state index contributed by atoms with van der Waals surface area (Å²) < 4.78 is 0. The van der Waals surface area contributed by atoms with Gasteiger partial charge in [0.15, 0.2) is 0 Å². The van der Waals surface area contributed by atoms with E-state index in [-0.39, 0.29) is 11.7 Å². The lowest BCUT2D eigenvalue weighted by Gasteiger charge is -2.08. The summed E-state index contributed by atoms with van der Waals surface area (Å²) in [5, 5.41) is 13.3. The number of anilines is 1. The van der Waals surface area contributed by atoms with Crippen molar-refractivity contribution in [1.82, 2.24) is 0 Å². The number of amides is 1. The van der Waals surface area contributed by atoms with Crippen LogP contribution in [0.15, 0.2) is 47.4 Å². The highest BCUT2D eigenvalue weighted by Crippen LogP contribution is 2.29. The molecule has 2 rings (SSSR count). The van der Waals surface area contributed by atoms with Crippen LogP contribution in [0, 0.1) is 0 Å². The average Bonchev–Trinajstić information content (AvgIpc) is 2.45. The highest BCUT2D eigenvalue weighted by Gasteiger charge is 2.08. The van der Waals surface area contributed by atoms with Gasteiger partial charge < -0.3 is 10.4 Å². The van der Waals surface area contributed by atoms with Crippen LogP contribution in [-0.2, 0) is 4.79 Å². The molecule has 0 fully saturated rings. The Morgan fingerprint density at radius 2 is 1.95 bits per heavy atom. The number of thioether (sulfide) groups is 1. The third-order valence-electron chi connectivity index (χ3n) is 2.65. The van der Waals surface area contributed by atoms with Crippen molar-refractivity contribution in [1.29, 1.82) is 0 Å². The zero-order valence-corrected chi connectivity index (χ0v) is 13.3. The summed E-state index contributed by atoms with van der Waals surface area (Å²) in [6.45, 7) is 0. The van der Waals surface area contributed by atoms with Gasteiger partial charge in [-0.1, -0.05) is 35.3 Å². The Hall–Kier alpha value is -1.36. The maximum Gasteiger partial charge on any atom is 0.225 e. The van der Waals surface area contributed by atoms with E-state index in [2.05, 4.69) is 5.32 Å². The second-order valence-corrected chi connectivity index (χ2v) is 6.22. The summed E-state index contributed by atoms with van der Waals surface area (Å²) in [7, 11) is 0. The molecular formula is C15H13Cl2NO2S. The van der Waals surface area contributed by atoms with Gasteiger partial charge in [-0.2, -0.15) is 0 Å². The van der Waals surface area contributed by atoms with E-state index in [0.717, 1.165) is 4.90 Å². The third kappa shape index (κ3) is 4.84. The molecule has 0 aliphatic rings. The molecule has 2 N–H and O–H groups in total. The number of phenolic OH excluding ortho intramolecular Hbond substituents is 1. The number of benzene rings is 2. The average molecular weight is 342 g/mol. The summed E-state index contributed by atoms with van der Waals surface area (Å²) in [6.07, 6.45) is 0.307. The van der Waals surface area contributed by atoms with Crippen LogP contribution in [0.2, 0.25) is 10.0 Å². The fourth-order valence-electron chi connectivity index (χ4n) is 1.64. The summed E-state index contributed by atoms with van der Waals surface area (Å²) in [4.78, 5) is 12.6. The molecule has 0 unspecified atom stereocenters. The number of hydrogen-bond donors (Lipinski definition) is 2. The molecule has 1 amide bonds. The summed E-state index contributed by atoms with van der Waals surface area (Å²) >= 11 is 13.3. The van der Waals surface area contributed by atoms with E-state index in [4.69, 9.17) is 23.2 Å². The van der Waals surface area contributed by atoms with Gasteiger partial charge in [-0.25, -0.2) is 0 Å². The van der Waals surface area contributed by atoms with Gasteiger partial charge in [-0.3, -0.25) is 4.79 Å². The molecule has 0 radical (unpaired) electrons. The highest BCUT2D eigenvalue weighted by atomic mass is 35.5. The maximum absolute atomic E-state index is 11.9. The predicted octanol–water partition coefficient (Wildman–Crippen LogP) is 4.82. The van der Waals surface area contributed by atoms with E-state index < -0.39 is 0 Å². The molecule has 3 nitrogen and oxygen atoms in total. The molecule has 0 saturated carbocycles. The molecule has 0 atom stereocenters. The second kappa shape index (κ2) is 7.59. The van der Waals surface area contributed by atoms with Crippen LogP contribution in [0.3, 0.4) is 0 Å². The van der Waals surface area contributed by atoms with E-state index in [1.807, 2.05) is 12.1 Å². The van der Waals surface area contributed by atoms with Gasteiger partial charge in [0.25, 0.3) is 0 Å². The van der Waals surface area contributed by atoms with Crippen LogP contribution in [0.4, 0.5) is 5.69 Å². The summed E-state index contributed by atoms with van der Waals surface area (Å²) in [5.41, 5.74) is 0.502. The molecule has 6 heteroatoms. The Labute approximate surface area is 137 Å². The molecule has 0 aromatic heterocycles. The molecule has 0 spiro atoms. The number of hydrogen-bond acceptors (Lipinski definition) is 3. The van der Waals surface area contributed by atoms with Crippen molar-refractivity contribution in [3.63, 3.8) is 0 Å². The Morgan fingerprint density at radius 1 is 1.19 bits per heavy atom. The van der Waals surface area contributed by atoms with Crippen molar-refractivity contribution >= 4 is 46.6 Å². The number of halogens is 2. The SMILES string of the molecule is O=C(CCSc1ccccc1O)Nc1cc(Cl)ccc1Cl. The molecule has 2 aromatic rings. The van der Waals surface area contributed by atoms with Crippen LogP contribution in [0.25, 0.3) is 0 Å². The zero-order chi connectivity index (χ0) is 15.2. The van der Waals surface area contributed by atoms with E-state index in [0.29, 0.717) is 27.9 Å². The first-order valence-corrected chi connectivity index (χ1v) is 7.96. The lowest BCUT2D eigenvalue weighted by molar-refractivity contribution is -0.115. The first-order chi connectivity index (χ1) is 10.1. The summed E-state index contributed by atoms with van der Waals surface area (Å²) in [6, 6.07) is 11.9. The van der Waals surface area contributed by atoms with Crippen molar-refractivity contribution in [2.75, 3.05) is 11.1 Å². The van der Waals surface area contributed by atoms with Crippen LogP contribution in [-0.4, -0.2) is 16.8 Å². The highest BCUT2D eigenvalue weighted by molar-refractivity contribution is 7.99. The van der Waals surface area contributed by atoms with E-state index in [1.54, 1.807) is 30.3 Å². The first kappa shape index (κ1) is 16.0. The molecular weight excluding hydrogens is 329 g/mol. The quantitative estimate of drug-likeness (QED) is 0.766. The number of carbonyl (C=O) groups excluding carboxylic acids is 1. The second-order valence-electron chi connectivity index (χ2n) is 4.24. The molecule has 110 valence electrons. The number of para-hydroxylation sites is 1. The van der Waals surface area contributed by atoms with Crippen molar-refractivity contribution in [2.24, 2.45) is 0 Å². The van der Waals surface area contributed by atoms with Crippen molar-refractivity contribution in [3.05, 3.63) is 52.5 Å². The molecule has 0 aliphatic heterocycles. The lowest BCUT2D eigenvalue weighted by Crippen LogP contribution is -2.12. The maximum atomic E-state index is 11.9. The predicted molar refractivity (Wildman–Crippen MR) is 88.5 cm³/mol. The van der Waals surface area contributed by atoms with E-state index in [9.17, 15) is 9.90 Å². The van der Waals surface area contributed by atoms with E-state index in [1.165, 1.54) is 11.8 Å². The Bertz CT molecular complexity index is 649. The monoisotopic (exact) mass is 341 g/mol. The Kier molecular flexibility index (Phi) is 5.79. The van der Waals surface area contributed by atoms with Crippen molar-refractivity contribution in [3.8, 4) is 5.75 Å². The molecule has 0 bridgehead atoms. The molecule has 2 aromatic carbocycles. The van der Waals surface area contributed by atoms with Crippen molar-refractivity contribution in [2.45, 2.75) is 11.3 Å². The smallest absolute Gasteiger partial charge is 0.225 e. The Morgan fingerprint density at radius 3 is 2.71 bits per heavy atom. The van der Waals surface area contributed by atoms with Gasteiger partial charge in [-0.15, -0.1) is 11.8 Å². The first-order valence-electron chi connectivity index (χ1n) is 6.22. The van der Waals surface area contributed by atoms with Gasteiger partial charge in [0, 0.05) is 22.1 Å². The normalized spacial score (nSPS) is 10.4. The standard InChI is InChI=1S/C15H13Cl2NO2S/c16-10-5-6-11(17)12(9-10)18-15(20)7-8-21-14-4-2-1-3-13(14)19/h1-6,9,19H,7-8H2,(H,18,20). The number of aromatic hydroxyl groups is 1. The molecule has 21 heavy (non-hydrogen) atoms. The number of carbonyl (C=O) groups is 1. The third-order valence-corrected chi connectivity index (χ3v) is 4.28. The van der Waals surface area contributed by atoms with Crippen LogP contribution >= 0.6 is 35.0 Å². The van der Waals surface area contributed by atoms with E-state index >= 15 is 0 Å². The van der Waals surface area contributed by atoms with Crippen LogP contribution < -0.4 is 5.32 Å². The Balaban J connectivity index is 1.85. The summed E-state index contributed by atoms with van der Waals surface area (Å²) in [5.74, 6) is 0.629. The van der Waals surface area contributed by atoms with Gasteiger partial charge in [-0.05, 0) is 30.3 Å². The number of phenols is 1. The van der Waals surface area contributed by atoms with Gasteiger partial charge in [0.2, 0.25) is 5.91 Å². The molecule has 0 saturated heterocycles. The zero-order valence-electron chi connectivity index (χ0n) is 11.0. The minimum Gasteiger partial charge on any atom is -0.507 e. The number of rotatable bonds is 5. The number of nitrogens with one attached hydrogen (secondary N) is 1. The molecule has 0 aliphatic carbocycles.